The molecule has 3 nitrogen and oxygen atoms in total. The van der Waals surface area contributed by atoms with E-state index < -0.39 is 0 Å². The van der Waals surface area contributed by atoms with Crippen LogP contribution in [0.15, 0.2) is 12.4 Å². The third kappa shape index (κ3) is 3.03. The van der Waals surface area contributed by atoms with Crippen LogP contribution in [0.25, 0.3) is 0 Å². The summed E-state index contributed by atoms with van der Waals surface area (Å²) in [4.78, 5) is 7.54. The summed E-state index contributed by atoms with van der Waals surface area (Å²) in [5.41, 5.74) is 0. The minimum atomic E-state index is 0.733. The van der Waals surface area contributed by atoms with E-state index >= 15 is 0 Å². The zero-order valence-corrected chi connectivity index (χ0v) is 8.96. The van der Waals surface area contributed by atoms with E-state index in [2.05, 4.69) is 27.0 Å². The van der Waals surface area contributed by atoms with Crippen molar-refractivity contribution in [2.24, 2.45) is 0 Å². The summed E-state index contributed by atoms with van der Waals surface area (Å²) in [6.45, 7) is 4.68. The molecule has 0 aromatic heterocycles. The number of hydroxylamine groups is 2. The second kappa shape index (κ2) is 5.43. The molecule has 0 atom stereocenters. The standard InChI is InChI=1S/C8H15BrN2O/c1-2-12-11-7-6-10(8-11)5-3-4-9/h6-7H,2-5,8H2,1H3. The molecule has 0 N–H and O–H groups in total. The van der Waals surface area contributed by atoms with Gasteiger partial charge in [-0.1, -0.05) is 15.9 Å². The van der Waals surface area contributed by atoms with E-state index in [-0.39, 0.29) is 0 Å². The van der Waals surface area contributed by atoms with Gasteiger partial charge in [-0.3, -0.25) is 4.84 Å². The molecule has 0 radical (unpaired) electrons. The molecule has 0 fully saturated rings. The first-order chi connectivity index (χ1) is 5.86. The molecule has 0 amide bonds. The Bertz CT molecular complexity index is 152. The maximum Gasteiger partial charge on any atom is 0.115 e. The first-order valence-corrected chi connectivity index (χ1v) is 5.37. The molecule has 0 spiro atoms. The monoisotopic (exact) mass is 234 g/mol. The van der Waals surface area contributed by atoms with Crippen LogP contribution in [0.2, 0.25) is 0 Å². The maximum absolute atomic E-state index is 5.31. The average Bonchev–Trinajstić information content (AvgIpc) is 2.50. The van der Waals surface area contributed by atoms with Crippen LogP contribution in [0.3, 0.4) is 0 Å². The van der Waals surface area contributed by atoms with Gasteiger partial charge in [0.15, 0.2) is 0 Å². The van der Waals surface area contributed by atoms with Crippen molar-refractivity contribution in [1.82, 2.24) is 9.96 Å². The highest BCUT2D eigenvalue weighted by Crippen LogP contribution is 2.07. The van der Waals surface area contributed by atoms with Gasteiger partial charge in [-0.2, -0.15) is 0 Å². The Balaban J connectivity index is 2.14. The van der Waals surface area contributed by atoms with Crippen LogP contribution in [0.4, 0.5) is 0 Å². The second-order valence-electron chi connectivity index (χ2n) is 2.63. The Morgan fingerprint density at radius 2 is 2.33 bits per heavy atom. The second-order valence-corrected chi connectivity index (χ2v) is 3.42. The van der Waals surface area contributed by atoms with Crippen molar-refractivity contribution in [3.63, 3.8) is 0 Å². The van der Waals surface area contributed by atoms with E-state index in [9.17, 15) is 0 Å². The van der Waals surface area contributed by atoms with Crippen LogP contribution in [-0.4, -0.2) is 35.1 Å². The molecule has 1 aliphatic heterocycles. The summed E-state index contributed by atoms with van der Waals surface area (Å²) in [6, 6.07) is 0. The normalized spacial score (nSPS) is 16.2. The van der Waals surface area contributed by atoms with E-state index in [0.29, 0.717) is 0 Å². The lowest BCUT2D eigenvalue weighted by molar-refractivity contribution is -0.123. The number of rotatable bonds is 5. The minimum Gasteiger partial charge on any atom is -0.356 e. The number of halogens is 1. The van der Waals surface area contributed by atoms with Crippen molar-refractivity contribution in [2.75, 3.05) is 25.2 Å². The van der Waals surface area contributed by atoms with Crippen molar-refractivity contribution >= 4 is 15.9 Å². The minimum absolute atomic E-state index is 0.733. The molecular weight excluding hydrogens is 220 g/mol. The molecule has 70 valence electrons. The van der Waals surface area contributed by atoms with Gasteiger partial charge in [-0.05, 0) is 13.3 Å². The average molecular weight is 235 g/mol. The molecule has 0 saturated heterocycles. The van der Waals surface area contributed by atoms with E-state index in [1.54, 1.807) is 0 Å². The fourth-order valence-corrected chi connectivity index (χ4v) is 1.35. The molecular formula is C8H15BrN2O. The lowest BCUT2D eigenvalue weighted by atomic mass is 10.4. The summed E-state index contributed by atoms with van der Waals surface area (Å²) in [7, 11) is 0. The van der Waals surface area contributed by atoms with E-state index in [0.717, 1.165) is 25.2 Å². The van der Waals surface area contributed by atoms with Crippen molar-refractivity contribution in [1.29, 1.82) is 0 Å². The highest BCUT2D eigenvalue weighted by molar-refractivity contribution is 9.09. The SMILES string of the molecule is CCON1C=CN(CCCBr)C1. The molecule has 1 heterocycles. The Morgan fingerprint density at radius 3 is 3.00 bits per heavy atom. The molecule has 0 aromatic rings. The Kier molecular flexibility index (Phi) is 4.46. The number of alkyl halides is 1. The van der Waals surface area contributed by atoms with Crippen molar-refractivity contribution in [3.8, 4) is 0 Å². The van der Waals surface area contributed by atoms with E-state index in [1.807, 2.05) is 18.2 Å². The topological polar surface area (TPSA) is 15.7 Å². The number of hydrogen-bond acceptors (Lipinski definition) is 3. The van der Waals surface area contributed by atoms with Crippen LogP contribution in [0.5, 0.6) is 0 Å². The predicted molar refractivity (Wildman–Crippen MR) is 52.6 cm³/mol. The third-order valence-electron chi connectivity index (χ3n) is 1.64. The van der Waals surface area contributed by atoms with E-state index in [1.165, 1.54) is 6.42 Å². The lowest BCUT2D eigenvalue weighted by Gasteiger charge is -2.19. The lowest BCUT2D eigenvalue weighted by Crippen LogP contribution is -2.26. The molecule has 0 aliphatic carbocycles. The number of hydrogen-bond donors (Lipinski definition) is 0. The third-order valence-corrected chi connectivity index (χ3v) is 2.20. The molecule has 1 rings (SSSR count). The van der Waals surface area contributed by atoms with Gasteiger partial charge >= 0.3 is 0 Å². The van der Waals surface area contributed by atoms with Gasteiger partial charge < -0.3 is 4.90 Å². The highest BCUT2D eigenvalue weighted by atomic mass is 79.9. The Morgan fingerprint density at radius 1 is 1.50 bits per heavy atom. The smallest absolute Gasteiger partial charge is 0.115 e. The fourth-order valence-electron chi connectivity index (χ4n) is 1.10. The van der Waals surface area contributed by atoms with Gasteiger partial charge in [0.1, 0.15) is 6.67 Å². The van der Waals surface area contributed by atoms with Crippen molar-refractivity contribution in [2.45, 2.75) is 13.3 Å². The van der Waals surface area contributed by atoms with Gasteiger partial charge in [0.25, 0.3) is 0 Å². The first-order valence-electron chi connectivity index (χ1n) is 4.24. The molecule has 12 heavy (non-hydrogen) atoms. The summed E-state index contributed by atoms with van der Waals surface area (Å²) in [5, 5.41) is 2.92. The van der Waals surface area contributed by atoms with Gasteiger partial charge in [-0.15, -0.1) is 0 Å². The Hall–Kier alpha value is -0.220. The largest absolute Gasteiger partial charge is 0.356 e. The Labute approximate surface area is 82.1 Å². The quantitative estimate of drug-likeness (QED) is 0.675. The van der Waals surface area contributed by atoms with Gasteiger partial charge in [0.2, 0.25) is 0 Å². The molecule has 0 unspecified atom stereocenters. The summed E-state index contributed by atoms with van der Waals surface area (Å²) < 4.78 is 0. The van der Waals surface area contributed by atoms with Crippen molar-refractivity contribution in [3.05, 3.63) is 12.4 Å². The van der Waals surface area contributed by atoms with Crippen LogP contribution in [-0.2, 0) is 4.84 Å². The molecule has 4 heteroatoms. The summed E-state index contributed by atoms with van der Waals surface area (Å²) >= 11 is 3.41. The van der Waals surface area contributed by atoms with Crippen molar-refractivity contribution < 1.29 is 4.84 Å². The molecule has 1 aliphatic rings. The van der Waals surface area contributed by atoms with Gasteiger partial charge in [-0.25, -0.2) is 5.06 Å². The van der Waals surface area contributed by atoms with Crippen LogP contribution >= 0.6 is 15.9 Å². The zero-order valence-electron chi connectivity index (χ0n) is 7.37. The first kappa shape index (κ1) is 9.86. The van der Waals surface area contributed by atoms with Crippen LogP contribution in [0.1, 0.15) is 13.3 Å². The highest BCUT2D eigenvalue weighted by Gasteiger charge is 2.10. The van der Waals surface area contributed by atoms with E-state index in [4.69, 9.17) is 4.84 Å². The molecule has 0 saturated carbocycles. The van der Waals surface area contributed by atoms with Crippen LogP contribution < -0.4 is 0 Å². The maximum atomic E-state index is 5.31. The van der Waals surface area contributed by atoms with Gasteiger partial charge in [0, 0.05) is 24.3 Å². The van der Waals surface area contributed by atoms with Crippen LogP contribution in [0, 0.1) is 0 Å². The summed E-state index contributed by atoms with van der Waals surface area (Å²) in [6.07, 6.45) is 5.21. The number of nitrogens with zero attached hydrogens (tertiary/aromatic N) is 2. The molecule has 0 aromatic carbocycles. The molecule has 0 bridgehead atoms. The fraction of sp³-hybridized carbons (Fsp3) is 0.750. The zero-order chi connectivity index (χ0) is 8.81. The summed E-state index contributed by atoms with van der Waals surface area (Å²) in [5.74, 6) is 0. The van der Waals surface area contributed by atoms with Gasteiger partial charge in [0.05, 0.1) is 6.61 Å². The predicted octanol–water partition coefficient (Wildman–Crippen LogP) is 1.77.